The summed E-state index contributed by atoms with van der Waals surface area (Å²) in [5.41, 5.74) is 0.367. The van der Waals surface area contributed by atoms with Gasteiger partial charge in [0.25, 0.3) is 11.6 Å². The van der Waals surface area contributed by atoms with Crippen LogP contribution in [0, 0.1) is 10.1 Å². The highest BCUT2D eigenvalue weighted by atomic mass is 19.1. The third-order valence-corrected chi connectivity index (χ3v) is 2.10. The van der Waals surface area contributed by atoms with Gasteiger partial charge in [0.15, 0.2) is 0 Å². The molecule has 0 aliphatic heterocycles. The molecule has 0 aliphatic carbocycles. The summed E-state index contributed by atoms with van der Waals surface area (Å²) >= 11 is 0. The molecule has 17 heavy (non-hydrogen) atoms. The molecule has 1 rings (SSSR count). The monoisotopic (exact) mass is 241 g/mol. The van der Waals surface area contributed by atoms with Gasteiger partial charge in [-0.15, -0.1) is 0 Å². The Morgan fingerprint density at radius 3 is 2.76 bits per heavy atom. The van der Waals surface area contributed by atoms with Crippen LogP contribution in [-0.2, 0) is 0 Å². The fraction of sp³-hybridized carbons (Fsp3) is 0.300. The lowest BCUT2D eigenvalue weighted by atomic mass is 10.1. The van der Waals surface area contributed by atoms with Crippen LogP contribution in [0.25, 0.3) is 0 Å². The largest absolute Gasteiger partial charge is 0.383 e. The maximum Gasteiger partial charge on any atom is 0.292 e. The van der Waals surface area contributed by atoms with E-state index in [9.17, 15) is 19.3 Å². The molecular formula is C10H12FN3O3. The van der Waals surface area contributed by atoms with Gasteiger partial charge in [0.1, 0.15) is 12.4 Å². The van der Waals surface area contributed by atoms with E-state index in [0.717, 1.165) is 0 Å². The quantitative estimate of drug-likeness (QED) is 0.601. The number of nitrogens with zero attached hydrogens (tertiary/aromatic N) is 1. The molecule has 0 aliphatic rings. The van der Waals surface area contributed by atoms with Crippen molar-refractivity contribution in [3.05, 3.63) is 33.9 Å². The molecule has 1 amide bonds. The van der Waals surface area contributed by atoms with Gasteiger partial charge < -0.3 is 10.6 Å². The van der Waals surface area contributed by atoms with Crippen LogP contribution in [0.3, 0.4) is 0 Å². The molecule has 2 N–H and O–H groups in total. The normalized spacial score (nSPS) is 9.76. The number of benzene rings is 1. The first-order chi connectivity index (χ1) is 8.10. The van der Waals surface area contributed by atoms with Crippen molar-refractivity contribution in [1.82, 2.24) is 5.32 Å². The van der Waals surface area contributed by atoms with Gasteiger partial charge in [-0.25, -0.2) is 4.39 Å². The van der Waals surface area contributed by atoms with Gasteiger partial charge in [-0.05, 0) is 12.1 Å². The van der Waals surface area contributed by atoms with Gasteiger partial charge in [-0.2, -0.15) is 0 Å². The Bertz CT molecular complexity index is 437. The summed E-state index contributed by atoms with van der Waals surface area (Å²) in [6.45, 7) is -0.734. The Morgan fingerprint density at radius 2 is 2.24 bits per heavy atom. The first-order valence-electron chi connectivity index (χ1n) is 4.90. The minimum absolute atomic E-state index is 0.0787. The van der Waals surface area contributed by atoms with E-state index in [4.69, 9.17) is 0 Å². The molecule has 0 radical (unpaired) electrons. The summed E-state index contributed by atoms with van der Waals surface area (Å²) in [5.74, 6) is -0.464. The zero-order valence-electron chi connectivity index (χ0n) is 9.20. The van der Waals surface area contributed by atoms with Crippen LogP contribution in [0.4, 0.5) is 15.8 Å². The SMILES string of the molecule is CNc1cc(C(=O)NCCF)ccc1[N+](=O)[O-]. The standard InChI is InChI=1S/C10H12FN3O3/c1-12-8-6-7(10(15)13-5-4-11)2-3-9(8)14(16)17/h2-3,6,12H,4-5H2,1H3,(H,13,15). The molecule has 1 aromatic carbocycles. The van der Waals surface area contributed by atoms with E-state index in [0.29, 0.717) is 0 Å². The molecular weight excluding hydrogens is 229 g/mol. The smallest absolute Gasteiger partial charge is 0.292 e. The summed E-state index contributed by atoms with van der Waals surface area (Å²) in [6, 6.07) is 3.91. The molecule has 0 bridgehead atoms. The van der Waals surface area contributed by atoms with Crippen LogP contribution in [0.1, 0.15) is 10.4 Å². The van der Waals surface area contributed by atoms with Crippen molar-refractivity contribution in [2.24, 2.45) is 0 Å². The maximum atomic E-state index is 11.9. The number of nitro groups is 1. The fourth-order valence-electron chi connectivity index (χ4n) is 1.30. The number of rotatable bonds is 5. The second kappa shape index (κ2) is 5.78. The van der Waals surface area contributed by atoms with E-state index < -0.39 is 17.5 Å². The molecule has 0 unspecified atom stereocenters. The number of anilines is 1. The number of hydrogen-bond acceptors (Lipinski definition) is 4. The van der Waals surface area contributed by atoms with E-state index in [-0.39, 0.29) is 23.5 Å². The fourth-order valence-corrected chi connectivity index (χ4v) is 1.30. The van der Waals surface area contributed by atoms with Crippen LogP contribution in [0.5, 0.6) is 0 Å². The number of halogens is 1. The Balaban J connectivity index is 2.97. The van der Waals surface area contributed by atoms with Crippen molar-refractivity contribution in [2.45, 2.75) is 0 Å². The molecule has 7 heteroatoms. The molecule has 0 spiro atoms. The highest BCUT2D eigenvalue weighted by molar-refractivity contribution is 5.95. The zero-order chi connectivity index (χ0) is 12.8. The predicted octanol–water partition coefficient (Wildman–Crippen LogP) is 1.34. The molecule has 0 fully saturated rings. The Hall–Kier alpha value is -2.18. The van der Waals surface area contributed by atoms with Crippen LogP contribution in [0.15, 0.2) is 18.2 Å². The van der Waals surface area contributed by atoms with E-state index >= 15 is 0 Å². The molecule has 0 heterocycles. The predicted molar refractivity (Wildman–Crippen MR) is 61.0 cm³/mol. The van der Waals surface area contributed by atoms with Crippen molar-refractivity contribution in [3.8, 4) is 0 Å². The lowest BCUT2D eigenvalue weighted by Crippen LogP contribution is -2.25. The van der Waals surface area contributed by atoms with Crippen molar-refractivity contribution < 1.29 is 14.1 Å². The van der Waals surface area contributed by atoms with Crippen LogP contribution in [0.2, 0.25) is 0 Å². The number of carbonyl (C=O) groups excluding carboxylic acids is 1. The minimum Gasteiger partial charge on any atom is -0.383 e. The molecule has 0 saturated carbocycles. The van der Waals surface area contributed by atoms with Crippen molar-refractivity contribution in [2.75, 3.05) is 25.6 Å². The highest BCUT2D eigenvalue weighted by Crippen LogP contribution is 2.24. The van der Waals surface area contributed by atoms with Gasteiger partial charge in [0, 0.05) is 25.2 Å². The molecule has 0 atom stereocenters. The summed E-state index contributed by atoms with van der Waals surface area (Å²) in [5, 5.41) is 15.6. The van der Waals surface area contributed by atoms with Crippen LogP contribution >= 0.6 is 0 Å². The van der Waals surface area contributed by atoms with Gasteiger partial charge in [-0.3, -0.25) is 14.9 Å². The molecule has 92 valence electrons. The van der Waals surface area contributed by atoms with Crippen molar-refractivity contribution >= 4 is 17.3 Å². The summed E-state index contributed by atoms with van der Waals surface area (Å²) in [6.07, 6.45) is 0. The lowest BCUT2D eigenvalue weighted by Gasteiger charge is -2.06. The van der Waals surface area contributed by atoms with Gasteiger partial charge in [0.05, 0.1) is 4.92 Å². The second-order valence-electron chi connectivity index (χ2n) is 3.18. The van der Waals surface area contributed by atoms with Crippen LogP contribution in [-0.4, -0.2) is 31.1 Å². The molecule has 6 nitrogen and oxygen atoms in total. The Kier molecular flexibility index (Phi) is 4.38. The van der Waals surface area contributed by atoms with E-state index in [1.54, 1.807) is 0 Å². The minimum atomic E-state index is -0.655. The van der Waals surface area contributed by atoms with Crippen molar-refractivity contribution in [3.63, 3.8) is 0 Å². The lowest BCUT2D eigenvalue weighted by molar-refractivity contribution is -0.383. The average Bonchev–Trinajstić information content (AvgIpc) is 2.34. The molecule has 0 saturated heterocycles. The average molecular weight is 241 g/mol. The Labute approximate surface area is 97.0 Å². The number of alkyl halides is 1. The maximum absolute atomic E-state index is 11.9. The topological polar surface area (TPSA) is 84.3 Å². The second-order valence-corrected chi connectivity index (χ2v) is 3.18. The number of carbonyl (C=O) groups is 1. The zero-order valence-corrected chi connectivity index (χ0v) is 9.20. The third-order valence-electron chi connectivity index (χ3n) is 2.10. The Morgan fingerprint density at radius 1 is 1.53 bits per heavy atom. The first-order valence-corrected chi connectivity index (χ1v) is 4.90. The number of amides is 1. The van der Waals surface area contributed by atoms with Crippen LogP contribution < -0.4 is 10.6 Å². The van der Waals surface area contributed by atoms with E-state index in [1.165, 1.54) is 25.2 Å². The van der Waals surface area contributed by atoms with Gasteiger partial charge in [-0.1, -0.05) is 0 Å². The summed E-state index contributed by atoms with van der Waals surface area (Å²) < 4.78 is 11.9. The molecule has 1 aromatic rings. The number of nitro benzene ring substituents is 1. The van der Waals surface area contributed by atoms with Crippen molar-refractivity contribution in [1.29, 1.82) is 0 Å². The number of hydrogen-bond donors (Lipinski definition) is 2. The van der Waals surface area contributed by atoms with E-state index in [2.05, 4.69) is 10.6 Å². The first kappa shape index (κ1) is 12.9. The third kappa shape index (κ3) is 3.13. The number of nitrogens with one attached hydrogen (secondary N) is 2. The highest BCUT2D eigenvalue weighted by Gasteiger charge is 2.15. The summed E-state index contributed by atoms with van der Waals surface area (Å²) in [7, 11) is 1.52. The molecule has 0 aromatic heterocycles. The van der Waals surface area contributed by atoms with Gasteiger partial charge in [0.2, 0.25) is 0 Å². The summed E-state index contributed by atoms with van der Waals surface area (Å²) in [4.78, 5) is 21.6. The van der Waals surface area contributed by atoms with Gasteiger partial charge >= 0.3 is 0 Å². The van der Waals surface area contributed by atoms with E-state index in [1.807, 2.05) is 0 Å².